The van der Waals surface area contributed by atoms with E-state index in [0.29, 0.717) is 0 Å². The van der Waals surface area contributed by atoms with Crippen molar-refractivity contribution < 1.29 is 9.53 Å². The van der Waals surface area contributed by atoms with Gasteiger partial charge in [0.15, 0.2) is 0 Å². The van der Waals surface area contributed by atoms with Crippen LogP contribution in [0, 0.1) is 0 Å². The van der Waals surface area contributed by atoms with E-state index in [1.807, 2.05) is 75.4 Å². The zero-order chi connectivity index (χ0) is 20.7. The number of carbonyl (C=O) groups excluding carboxylic acids is 1. The van der Waals surface area contributed by atoms with E-state index >= 15 is 0 Å². The molecular weight excluding hydrogens is 378 g/mol. The summed E-state index contributed by atoms with van der Waals surface area (Å²) >= 11 is 1.53. The van der Waals surface area contributed by atoms with Crippen LogP contribution in [0.3, 0.4) is 0 Å². The molecule has 1 N–H and O–H groups in total. The third-order valence-corrected chi connectivity index (χ3v) is 5.70. The Morgan fingerprint density at radius 3 is 1.48 bits per heavy atom. The Morgan fingerprint density at radius 1 is 0.759 bits per heavy atom. The summed E-state index contributed by atoms with van der Waals surface area (Å²) in [7, 11) is 0. The molecule has 0 bridgehead atoms. The molecular formula is C25H27NO2S. The fraction of sp³-hybridized carbons (Fsp3) is 0.240. The average Bonchev–Trinajstić information content (AvgIpc) is 2.72. The van der Waals surface area contributed by atoms with Gasteiger partial charge < -0.3 is 4.74 Å². The molecule has 0 saturated heterocycles. The van der Waals surface area contributed by atoms with Gasteiger partial charge in [-0.1, -0.05) is 103 Å². The maximum atomic E-state index is 12.3. The van der Waals surface area contributed by atoms with Gasteiger partial charge in [-0.25, -0.2) is 0 Å². The lowest BCUT2D eigenvalue weighted by molar-refractivity contribution is -0.153. The van der Waals surface area contributed by atoms with Gasteiger partial charge in [-0.15, -0.1) is 0 Å². The minimum atomic E-state index is -0.508. The smallest absolute Gasteiger partial charge is 0.321 e. The normalized spacial score (nSPS) is 11.8. The maximum Gasteiger partial charge on any atom is 0.321 e. The van der Waals surface area contributed by atoms with Gasteiger partial charge in [0.05, 0.1) is 0 Å². The molecule has 0 unspecified atom stereocenters. The van der Waals surface area contributed by atoms with Crippen LogP contribution >= 0.6 is 11.9 Å². The summed E-state index contributed by atoms with van der Waals surface area (Å²) in [5, 5.41) is 0. The van der Waals surface area contributed by atoms with Gasteiger partial charge in [0.2, 0.25) is 0 Å². The molecule has 0 fully saturated rings. The lowest BCUT2D eigenvalue weighted by Crippen LogP contribution is -2.33. The van der Waals surface area contributed by atoms with Gasteiger partial charge >= 0.3 is 5.97 Å². The molecule has 0 aliphatic rings. The zero-order valence-corrected chi connectivity index (χ0v) is 17.9. The summed E-state index contributed by atoms with van der Waals surface area (Å²) in [6, 6.07) is 31.1. The first-order valence-corrected chi connectivity index (χ1v) is 10.5. The van der Waals surface area contributed by atoms with E-state index in [0.717, 1.165) is 16.7 Å². The lowest BCUT2D eigenvalue weighted by Gasteiger charge is -2.35. The Hall–Kier alpha value is -2.56. The fourth-order valence-electron chi connectivity index (χ4n) is 3.28. The van der Waals surface area contributed by atoms with Crippen molar-refractivity contribution >= 4 is 17.9 Å². The summed E-state index contributed by atoms with van der Waals surface area (Å²) in [5.41, 5.74) is 2.91. The second kappa shape index (κ2) is 9.29. The molecule has 0 heterocycles. The average molecular weight is 406 g/mol. The van der Waals surface area contributed by atoms with Gasteiger partial charge in [-0.2, -0.15) is 0 Å². The third-order valence-electron chi connectivity index (χ3n) is 4.40. The predicted molar refractivity (Wildman–Crippen MR) is 121 cm³/mol. The van der Waals surface area contributed by atoms with Crippen LogP contribution in [0.25, 0.3) is 0 Å². The summed E-state index contributed by atoms with van der Waals surface area (Å²) in [5.74, 6) is -0.270. The molecule has 29 heavy (non-hydrogen) atoms. The predicted octanol–water partition coefficient (Wildman–Crippen LogP) is 5.56. The van der Waals surface area contributed by atoms with Gasteiger partial charge in [-0.3, -0.25) is 9.52 Å². The Bertz CT molecular complexity index is 809. The van der Waals surface area contributed by atoms with Crippen molar-refractivity contribution in [1.29, 1.82) is 0 Å². The van der Waals surface area contributed by atoms with Crippen LogP contribution in [0.2, 0.25) is 0 Å². The van der Waals surface area contributed by atoms with E-state index < -0.39 is 10.3 Å². The van der Waals surface area contributed by atoms with Crippen LogP contribution < -0.4 is 4.72 Å². The van der Waals surface area contributed by atoms with Crippen LogP contribution in [-0.4, -0.2) is 18.1 Å². The van der Waals surface area contributed by atoms with E-state index in [-0.39, 0.29) is 12.5 Å². The van der Waals surface area contributed by atoms with E-state index in [9.17, 15) is 4.79 Å². The van der Waals surface area contributed by atoms with E-state index in [1.54, 1.807) is 0 Å². The van der Waals surface area contributed by atoms with Crippen molar-refractivity contribution in [1.82, 2.24) is 4.72 Å². The number of nitrogens with one attached hydrogen (secondary N) is 1. The topological polar surface area (TPSA) is 38.3 Å². The quantitative estimate of drug-likeness (QED) is 0.317. The molecule has 0 spiro atoms. The molecule has 150 valence electrons. The Labute approximate surface area is 177 Å². The Morgan fingerprint density at radius 2 is 1.14 bits per heavy atom. The van der Waals surface area contributed by atoms with Crippen LogP contribution in [0.15, 0.2) is 91.0 Å². The molecule has 0 amide bonds. The van der Waals surface area contributed by atoms with Gasteiger partial charge in [0, 0.05) is 0 Å². The Balaban J connectivity index is 2.00. The highest BCUT2D eigenvalue weighted by atomic mass is 32.2. The molecule has 0 aliphatic carbocycles. The zero-order valence-electron chi connectivity index (χ0n) is 17.1. The lowest BCUT2D eigenvalue weighted by atomic mass is 9.84. The standard InChI is InChI=1S/C25H27NO2S/c1-24(2,3)28-23(27)19-26-29-25(20-13-7-4-8-14-20,21-15-9-5-10-16-21)22-17-11-6-12-18-22/h4-18,26H,19H2,1-3H3. The van der Waals surface area contributed by atoms with Crippen LogP contribution in [0.5, 0.6) is 0 Å². The molecule has 3 rings (SSSR count). The van der Waals surface area contributed by atoms with Crippen molar-refractivity contribution in [3.63, 3.8) is 0 Å². The molecule has 0 aliphatic heterocycles. The second-order valence-electron chi connectivity index (χ2n) is 7.79. The molecule has 0 aromatic heterocycles. The molecule has 0 saturated carbocycles. The van der Waals surface area contributed by atoms with Crippen molar-refractivity contribution in [3.8, 4) is 0 Å². The van der Waals surface area contributed by atoms with Crippen molar-refractivity contribution in [3.05, 3.63) is 108 Å². The SMILES string of the molecule is CC(C)(C)OC(=O)CNSC(c1ccccc1)(c1ccccc1)c1ccccc1. The van der Waals surface area contributed by atoms with E-state index in [4.69, 9.17) is 4.74 Å². The van der Waals surface area contributed by atoms with Crippen molar-refractivity contribution in [2.75, 3.05) is 6.54 Å². The van der Waals surface area contributed by atoms with Crippen molar-refractivity contribution in [2.24, 2.45) is 0 Å². The first-order valence-electron chi connectivity index (χ1n) is 9.71. The monoisotopic (exact) mass is 405 g/mol. The molecule has 0 atom stereocenters. The van der Waals surface area contributed by atoms with Crippen LogP contribution in [0.1, 0.15) is 37.5 Å². The van der Waals surface area contributed by atoms with Gasteiger partial charge in [-0.05, 0) is 37.5 Å². The number of esters is 1. The summed E-state index contributed by atoms with van der Waals surface area (Å²) in [4.78, 5) is 12.3. The second-order valence-corrected chi connectivity index (χ2v) is 8.89. The fourth-order valence-corrected chi connectivity index (χ4v) is 4.44. The Kier molecular flexibility index (Phi) is 6.78. The minimum Gasteiger partial charge on any atom is -0.459 e. The molecule has 0 radical (unpaired) electrons. The first-order chi connectivity index (χ1) is 13.9. The van der Waals surface area contributed by atoms with Crippen molar-refractivity contribution in [2.45, 2.75) is 31.1 Å². The number of benzene rings is 3. The minimum absolute atomic E-state index is 0.121. The number of hydrogen-bond acceptors (Lipinski definition) is 4. The number of ether oxygens (including phenoxy) is 1. The highest BCUT2D eigenvalue weighted by molar-refractivity contribution is 7.98. The molecule has 3 aromatic rings. The van der Waals surface area contributed by atoms with E-state index in [1.165, 1.54) is 11.9 Å². The largest absolute Gasteiger partial charge is 0.459 e. The van der Waals surface area contributed by atoms with Gasteiger partial charge in [0.25, 0.3) is 0 Å². The molecule has 3 nitrogen and oxygen atoms in total. The summed E-state index contributed by atoms with van der Waals surface area (Å²) in [6.07, 6.45) is 0. The van der Waals surface area contributed by atoms with E-state index in [2.05, 4.69) is 41.1 Å². The number of rotatable bonds is 7. The summed E-state index contributed by atoms with van der Waals surface area (Å²) < 4.78 is 8.23. The number of hydrogen-bond donors (Lipinski definition) is 1. The maximum absolute atomic E-state index is 12.3. The van der Waals surface area contributed by atoms with Crippen LogP contribution in [-0.2, 0) is 14.3 Å². The first kappa shape index (κ1) is 21.2. The van der Waals surface area contributed by atoms with Crippen LogP contribution in [0.4, 0.5) is 0 Å². The third kappa shape index (κ3) is 5.28. The summed E-state index contributed by atoms with van der Waals surface area (Å²) in [6.45, 7) is 5.75. The van der Waals surface area contributed by atoms with Gasteiger partial charge in [0.1, 0.15) is 16.9 Å². The molecule has 3 aromatic carbocycles. The highest BCUT2D eigenvalue weighted by Crippen LogP contribution is 2.46. The highest BCUT2D eigenvalue weighted by Gasteiger charge is 2.37. The molecule has 4 heteroatoms. The number of carbonyl (C=O) groups is 1.